The van der Waals surface area contributed by atoms with Gasteiger partial charge in [-0.25, -0.2) is 4.98 Å². The van der Waals surface area contributed by atoms with Crippen LogP contribution in [0.1, 0.15) is 32.4 Å². The highest BCUT2D eigenvalue weighted by Crippen LogP contribution is 2.30. The molecule has 4 rings (SSSR count). The summed E-state index contributed by atoms with van der Waals surface area (Å²) in [5.41, 5.74) is 3.66. The summed E-state index contributed by atoms with van der Waals surface area (Å²) in [7, 11) is 1.82. The number of aromatic nitrogens is 2. The molecule has 0 unspecified atom stereocenters. The van der Waals surface area contributed by atoms with E-state index in [2.05, 4.69) is 16.2 Å². The Balaban J connectivity index is 1.50. The number of rotatable bonds is 6. The zero-order valence-corrected chi connectivity index (χ0v) is 18.1. The number of para-hydroxylation sites is 1. The number of fused-ring (bicyclic) bond motifs is 1. The number of benzene rings is 2. The molecule has 2 heterocycles. The second-order valence-corrected chi connectivity index (χ2v) is 8.96. The maximum absolute atomic E-state index is 13.1. The highest BCUT2D eigenvalue weighted by Gasteiger charge is 2.18. The largest absolute Gasteiger partial charge is 0.361 e. The van der Waals surface area contributed by atoms with Crippen LogP contribution in [-0.2, 0) is 12.3 Å². The first-order valence-electron chi connectivity index (χ1n) is 9.26. The average Bonchev–Trinajstić information content (AvgIpc) is 3.28. The summed E-state index contributed by atoms with van der Waals surface area (Å²) in [4.78, 5) is 20.5. The molecule has 0 aliphatic rings. The van der Waals surface area contributed by atoms with E-state index >= 15 is 0 Å². The number of carbonyl (C=O) groups excluding carboxylic acids is 1. The number of aryl methyl sites for hydroxylation is 2. The van der Waals surface area contributed by atoms with Crippen LogP contribution in [0.4, 0.5) is 0 Å². The minimum atomic E-state index is -0.00822. The van der Waals surface area contributed by atoms with Gasteiger partial charge in [-0.1, -0.05) is 29.4 Å². The number of carbonyl (C=O) groups is 1. The van der Waals surface area contributed by atoms with Crippen LogP contribution >= 0.6 is 23.1 Å². The van der Waals surface area contributed by atoms with Crippen molar-refractivity contribution in [1.29, 1.82) is 0 Å². The molecule has 2 aromatic carbocycles. The molecule has 0 atom stereocenters. The number of thiazole rings is 1. The average molecular weight is 424 g/mol. The van der Waals surface area contributed by atoms with Crippen LogP contribution in [0.5, 0.6) is 0 Å². The van der Waals surface area contributed by atoms with E-state index in [0.717, 1.165) is 37.1 Å². The standard InChI is InChI=1S/C22H21N3O2S2/c1-14-17(15(2)27-24-14)13-28-19-10-6-4-8-16(19)22(26)25(3)12-21-23-18-9-5-7-11-20(18)29-21/h4-11H,12-13H2,1-3H3. The predicted molar refractivity (Wildman–Crippen MR) is 117 cm³/mol. The van der Waals surface area contributed by atoms with Gasteiger partial charge in [-0.05, 0) is 38.1 Å². The zero-order chi connectivity index (χ0) is 20.4. The third-order valence-corrected chi connectivity index (χ3v) is 6.85. The molecule has 0 aliphatic heterocycles. The number of amides is 1. The Hall–Kier alpha value is -2.64. The summed E-state index contributed by atoms with van der Waals surface area (Å²) < 4.78 is 6.38. The van der Waals surface area contributed by atoms with Crippen LogP contribution in [-0.4, -0.2) is 28.0 Å². The third kappa shape index (κ3) is 4.21. The predicted octanol–water partition coefficient (Wildman–Crippen LogP) is 5.47. The van der Waals surface area contributed by atoms with E-state index in [1.165, 1.54) is 0 Å². The van der Waals surface area contributed by atoms with E-state index < -0.39 is 0 Å². The van der Waals surface area contributed by atoms with Gasteiger partial charge in [0.2, 0.25) is 0 Å². The van der Waals surface area contributed by atoms with Crippen molar-refractivity contribution in [2.45, 2.75) is 31.0 Å². The molecule has 0 saturated heterocycles. The lowest BCUT2D eigenvalue weighted by molar-refractivity contribution is 0.0781. The van der Waals surface area contributed by atoms with E-state index in [1.807, 2.05) is 63.4 Å². The number of nitrogens with zero attached hydrogens (tertiary/aromatic N) is 3. The fourth-order valence-electron chi connectivity index (χ4n) is 3.09. The van der Waals surface area contributed by atoms with E-state index in [9.17, 15) is 4.79 Å². The zero-order valence-electron chi connectivity index (χ0n) is 16.5. The summed E-state index contributed by atoms with van der Waals surface area (Å²) in [6, 6.07) is 15.8. The van der Waals surface area contributed by atoms with E-state index in [0.29, 0.717) is 17.9 Å². The van der Waals surface area contributed by atoms with Gasteiger partial charge < -0.3 is 9.42 Å². The fraction of sp³-hybridized carbons (Fsp3) is 0.227. The normalized spacial score (nSPS) is 11.1. The molecule has 0 bridgehead atoms. The van der Waals surface area contributed by atoms with Crippen molar-refractivity contribution >= 4 is 39.2 Å². The van der Waals surface area contributed by atoms with Gasteiger partial charge in [0.05, 0.1) is 28.0 Å². The van der Waals surface area contributed by atoms with Gasteiger partial charge in [0.25, 0.3) is 5.91 Å². The second kappa shape index (κ2) is 8.39. The quantitative estimate of drug-likeness (QED) is 0.385. The molecule has 7 heteroatoms. The molecule has 0 fully saturated rings. The fourth-order valence-corrected chi connectivity index (χ4v) is 5.31. The number of hydrogen-bond donors (Lipinski definition) is 0. The van der Waals surface area contributed by atoms with Crippen molar-refractivity contribution in [2.75, 3.05) is 7.05 Å². The van der Waals surface area contributed by atoms with Gasteiger partial charge in [-0.3, -0.25) is 4.79 Å². The van der Waals surface area contributed by atoms with Gasteiger partial charge in [0, 0.05) is 23.3 Å². The maximum Gasteiger partial charge on any atom is 0.255 e. The van der Waals surface area contributed by atoms with Crippen LogP contribution in [0.2, 0.25) is 0 Å². The Morgan fingerprint density at radius 2 is 1.90 bits per heavy atom. The molecule has 2 aromatic heterocycles. The minimum absolute atomic E-state index is 0.00822. The highest BCUT2D eigenvalue weighted by atomic mass is 32.2. The summed E-state index contributed by atoms with van der Waals surface area (Å²) in [5, 5.41) is 4.94. The van der Waals surface area contributed by atoms with Crippen LogP contribution in [0, 0.1) is 13.8 Å². The van der Waals surface area contributed by atoms with Crippen LogP contribution < -0.4 is 0 Å². The van der Waals surface area contributed by atoms with E-state index in [1.54, 1.807) is 28.0 Å². The van der Waals surface area contributed by atoms with Crippen molar-refractivity contribution < 1.29 is 9.32 Å². The van der Waals surface area contributed by atoms with Gasteiger partial charge >= 0.3 is 0 Å². The van der Waals surface area contributed by atoms with Gasteiger partial charge in [0.15, 0.2) is 0 Å². The third-order valence-electron chi connectivity index (χ3n) is 4.73. The Labute approximate surface area is 177 Å². The molecule has 4 aromatic rings. The van der Waals surface area contributed by atoms with E-state index in [4.69, 9.17) is 4.52 Å². The Bertz CT molecular complexity index is 1110. The first kappa shape index (κ1) is 19.7. The van der Waals surface area contributed by atoms with Crippen LogP contribution in [0.3, 0.4) is 0 Å². The maximum atomic E-state index is 13.1. The molecule has 0 N–H and O–H groups in total. The SMILES string of the molecule is Cc1noc(C)c1CSc1ccccc1C(=O)N(C)Cc1nc2ccccc2s1. The molecular formula is C22H21N3O2S2. The van der Waals surface area contributed by atoms with Crippen LogP contribution in [0.25, 0.3) is 10.2 Å². The minimum Gasteiger partial charge on any atom is -0.361 e. The van der Waals surface area contributed by atoms with Crippen molar-refractivity contribution in [3.8, 4) is 0 Å². The summed E-state index contributed by atoms with van der Waals surface area (Å²) >= 11 is 3.25. The molecule has 0 saturated carbocycles. The molecule has 29 heavy (non-hydrogen) atoms. The van der Waals surface area contributed by atoms with Crippen molar-refractivity contribution in [3.63, 3.8) is 0 Å². The lowest BCUT2D eigenvalue weighted by atomic mass is 10.2. The monoisotopic (exact) mass is 423 g/mol. The number of thioether (sulfide) groups is 1. The molecule has 5 nitrogen and oxygen atoms in total. The number of hydrogen-bond acceptors (Lipinski definition) is 6. The van der Waals surface area contributed by atoms with E-state index in [-0.39, 0.29) is 5.91 Å². The second-order valence-electron chi connectivity index (χ2n) is 6.82. The Morgan fingerprint density at radius 3 is 2.66 bits per heavy atom. The molecule has 1 amide bonds. The molecular weight excluding hydrogens is 402 g/mol. The Kier molecular flexibility index (Phi) is 5.69. The lowest BCUT2D eigenvalue weighted by Gasteiger charge is -2.17. The van der Waals surface area contributed by atoms with Gasteiger partial charge in [-0.15, -0.1) is 23.1 Å². The van der Waals surface area contributed by atoms with Crippen LogP contribution in [0.15, 0.2) is 57.9 Å². The summed E-state index contributed by atoms with van der Waals surface area (Å²) in [6.07, 6.45) is 0. The lowest BCUT2D eigenvalue weighted by Crippen LogP contribution is -2.26. The first-order valence-corrected chi connectivity index (χ1v) is 11.1. The topological polar surface area (TPSA) is 59.2 Å². The Morgan fingerprint density at radius 1 is 1.14 bits per heavy atom. The molecule has 0 radical (unpaired) electrons. The van der Waals surface area contributed by atoms with Crippen molar-refractivity contribution in [1.82, 2.24) is 15.0 Å². The highest BCUT2D eigenvalue weighted by molar-refractivity contribution is 7.98. The molecule has 0 spiro atoms. The van der Waals surface area contributed by atoms with Crippen molar-refractivity contribution in [2.24, 2.45) is 0 Å². The van der Waals surface area contributed by atoms with Gasteiger partial charge in [0.1, 0.15) is 10.8 Å². The summed E-state index contributed by atoms with van der Waals surface area (Å²) in [5.74, 6) is 1.53. The van der Waals surface area contributed by atoms with Gasteiger partial charge in [-0.2, -0.15) is 0 Å². The molecule has 0 aliphatic carbocycles. The van der Waals surface area contributed by atoms with Crippen molar-refractivity contribution in [3.05, 3.63) is 76.1 Å². The summed E-state index contributed by atoms with van der Waals surface area (Å²) in [6.45, 7) is 4.34. The first-order chi connectivity index (χ1) is 14.0. The molecule has 148 valence electrons. The smallest absolute Gasteiger partial charge is 0.255 e.